The van der Waals surface area contributed by atoms with Gasteiger partial charge in [0.25, 0.3) is 0 Å². The van der Waals surface area contributed by atoms with Gasteiger partial charge in [-0.25, -0.2) is 9.79 Å². The van der Waals surface area contributed by atoms with E-state index >= 15 is 0 Å². The van der Waals surface area contributed by atoms with Crippen molar-refractivity contribution in [1.29, 1.82) is 0 Å². The van der Waals surface area contributed by atoms with Crippen molar-refractivity contribution in [2.75, 3.05) is 37.6 Å². The summed E-state index contributed by atoms with van der Waals surface area (Å²) >= 11 is 0. The Hall–Kier alpha value is -1.97. The molecule has 2 aliphatic rings. The second-order valence-corrected chi connectivity index (χ2v) is 8.46. The summed E-state index contributed by atoms with van der Waals surface area (Å²) in [6.45, 7) is 12.3. The molecule has 3 rings (SSSR count). The molecule has 30 heavy (non-hydrogen) atoms. The van der Waals surface area contributed by atoms with Crippen LogP contribution in [-0.2, 0) is 11.3 Å². The van der Waals surface area contributed by atoms with Crippen molar-refractivity contribution >= 4 is 41.7 Å². The third kappa shape index (κ3) is 7.07. The average molecular weight is 527 g/mol. The molecule has 1 fully saturated rings. The Morgan fingerprint density at radius 1 is 1.17 bits per heavy atom. The Kier molecular flexibility index (Phi) is 8.81. The highest BCUT2D eigenvalue weighted by molar-refractivity contribution is 14.0. The highest BCUT2D eigenvalue weighted by Gasteiger charge is 2.34. The monoisotopic (exact) mass is 527 g/mol. The Labute approximate surface area is 197 Å². The number of halogens is 1. The first-order chi connectivity index (χ1) is 13.8. The van der Waals surface area contributed by atoms with E-state index in [0.29, 0.717) is 19.6 Å². The van der Waals surface area contributed by atoms with Gasteiger partial charge in [0.1, 0.15) is 5.60 Å². The second-order valence-electron chi connectivity index (χ2n) is 8.46. The molecule has 0 aromatic heterocycles. The Morgan fingerprint density at radius 3 is 2.37 bits per heavy atom. The number of nitrogens with one attached hydrogen (secondary N) is 2. The number of benzene rings is 1. The van der Waals surface area contributed by atoms with E-state index < -0.39 is 5.60 Å². The molecule has 1 saturated heterocycles. The lowest BCUT2D eigenvalue weighted by Crippen LogP contribution is -2.63. The fraction of sp³-hybridized carbons (Fsp3) is 0.545. The van der Waals surface area contributed by atoms with Gasteiger partial charge in [0.05, 0.1) is 12.6 Å². The van der Waals surface area contributed by atoms with E-state index in [0.717, 1.165) is 25.6 Å². The zero-order valence-electron chi connectivity index (χ0n) is 18.4. The van der Waals surface area contributed by atoms with Gasteiger partial charge in [-0.3, -0.25) is 0 Å². The van der Waals surface area contributed by atoms with Crippen molar-refractivity contribution in [2.24, 2.45) is 4.99 Å². The van der Waals surface area contributed by atoms with Crippen LogP contribution in [0.4, 0.5) is 10.5 Å². The van der Waals surface area contributed by atoms with Gasteiger partial charge >= 0.3 is 6.09 Å². The first kappa shape index (κ1) is 24.3. The molecule has 166 valence electrons. The molecule has 0 aliphatic carbocycles. The summed E-state index contributed by atoms with van der Waals surface area (Å²) in [4.78, 5) is 20.8. The van der Waals surface area contributed by atoms with Gasteiger partial charge in [0.2, 0.25) is 0 Å². The lowest BCUT2D eigenvalue weighted by atomic mass is 10.1. The number of amides is 1. The highest BCUT2D eigenvalue weighted by atomic mass is 127. The van der Waals surface area contributed by atoms with Crippen LogP contribution in [0.2, 0.25) is 0 Å². The summed E-state index contributed by atoms with van der Waals surface area (Å²) in [5, 5.41) is 6.68. The summed E-state index contributed by atoms with van der Waals surface area (Å²) in [7, 11) is 0. The molecule has 0 bridgehead atoms. The number of ether oxygens (including phenoxy) is 1. The molecule has 0 radical (unpaired) electrons. The van der Waals surface area contributed by atoms with Crippen LogP contribution < -0.4 is 15.5 Å². The molecule has 0 saturated carbocycles. The van der Waals surface area contributed by atoms with Crippen molar-refractivity contribution < 1.29 is 9.53 Å². The van der Waals surface area contributed by atoms with Gasteiger partial charge < -0.3 is 25.2 Å². The van der Waals surface area contributed by atoms with E-state index in [2.05, 4.69) is 52.0 Å². The van der Waals surface area contributed by atoms with E-state index in [1.807, 2.05) is 27.7 Å². The summed E-state index contributed by atoms with van der Waals surface area (Å²) in [6, 6.07) is 8.76. The summed E-state index contributed by atoms with van der Waals surface area (Å²) in [5.74, 6) is 0.772. The summed E-state index contributed by atoms with van der Waals surface area (Å²) in [6.07, 6.45) is 4.12. The number of hydrogen-bond acceptors (Lipinski definition) is 4. The van der Waals surface area contributed by atoms with Gasteiger partial charge in [0, 0.05) is 38.4 Å². The molecule has 1 aromatic carbocycles. The molecule has 0 unspecified atom stereocenters. The maximum absolute atomic E-state index is 12.1. The van der Waals surface area contributed by atoms with E-state index in [4.69, 9.17) is 9.73 Å². The first-order valence-corrected chi connectivity index (χ1v) is 10.4. The van der Waals surface area contributed by atoms with Crippen molar-refractivity contribution in [2.45, 2.75) is 45.9 Å². The van der Waals surface area contributed by atoms with Crippen LogP contribution in [0.25, 0.3) is 0 Å². The lowest BCUT2D eigenvalue weighted by molar-refractivity contribution is 0.00701. The number of likely N-dealkylation sites (tertiary alicyclic amines) is 1. The molecular formula is C22H34IN5O2. The minimum absolute atomic E-state index is 0. The number of carbonyl (C=O) groups is 1. The maximum atomic E-state index is 12.1. The Morgan fingerprint density at radius 2 is 1.80 bits per heavy atom. The van der Waals surface area contributed by atoms with Crippen LogP contribution in [0.5, 0.6) is 0 Å². The van der Waals surface area contributed by atoms with E-state index in [-0.39, 0.29) is 36.1 Å². The van der Waals surface area contributed by atoms with Crippen molar-refractivity contribution in [1.82, 2.24) is 15.5 Å². The van der Waals surface area contributed by atoms with Gasteiger partial charge in [-0.05, 0) is 45.4 Å². The van der Waals surface area contributed by atoms with Crippen LogP contribution >= 0.6 is 24.0 Å². The average Bonchev–Trinajstić information content (AvgIpc) is 3.15. The second kappa shape index (κ2) is 10.9. The third-order valence-electron chi connectivity index (χ3n) is 4.76. The van der Waals surface area contributed by atoms with Gasteiger partial charge in [-0.15, -0.1) is 24.0 Å². The minimum atomic E-state index is -0.465. The molecular weight excluding hydrogens is 493 g/mol. The number of aliphatic imine (C=N–C) groups is 1. The van der Waals surface area contributed by atoms with Gasteiger partial charge in [0.15, 0.2) is 5.96 Å². The molecule has 2 heterocycles. The first-order valence-electron chi connectivity index (χ1n) is 10.4. The van der Waals surface area contributed by atoms with Gasteiger partial charge in [-0.1, -0.05) is 24.3 Å². The fourth-order valence-electron chi connectivity index (χ4n) is 3.23. The van der Waals surface area contributed by atoms with Crippen LogP contribution in [0.3, 0.4) is 0 Å². The molecule has 1 aromatic rings. The van der Waals surface area contributed by atoms with E-state index in [9.17, 15) is 4.79 Å². The molecule has 8 heteroatoms. The van der Waals surface area contributed by atoms with E-state index in [1.54, 1.807) is 4.90 Å². The number of anilines is 1. The summed E-state index contributed by atoms with van der Waals surface area (Å²) < 4.78 is 5.40. The summed E-state index contributed by atoms with van der Waals surface area (Å²) in [5.41, 5.74) is 1.94. The SMILES string of the molecule is CCNC(=NCc1ccc(N2CC=CC2)cc1)NC1CN(C(=O)OC(C)(C)C)C1.I. The Bertz CT molecular complexity index is 744. The van der Waals surface area contributed by atoms with Crippen LogP contribution in [0.15, 0.2) is 41.4 Å². The fourth-order valence-corrected chi connectivity index (χ4v) is 3.23. The van der Waals surface area contributed by atoms with Crippen molar-refractivity contribution in [3.05, 3.63) is 42.0 Å². The predicted molar refractivity (Wildman–Crippen MR) is 133 cm³/mol. The smallest absolute Gasteiger partial charge is 0.410 e. The third-order valence-corrected chi connectivity index (χ3v) is 4.76. The van der Waals surface area contributed by atoms with Crippen LogP contribution in [0, 0.1) is 0 Å². The van der Waals surface area contributed by atoms with Crippen LogP contribution in [-0.4, -0.2) is 61.3 Å². The van der Waals surface area contributed by atoms with Crippen molar-refractivity contribution in [3.63, 3.8) is 0 Å². The minimum Gasteiger partial charge on any atom is -0.444 e. The molecule has 0 spiro atoms. The van der Waals surface area contributed by atoms with Gasteiger partial charge in [-0.2, -0.15) is 0 Å². The zero-order valence-corrected chi connectivity index (χ0v) is 20.7. The van der Waals surface area contributed by atoms with Crippen molar-refractivity contribution in [3.8, 4) is 0 Å². The predicted octanol–water partition coefficient (Wildman–Crippen LogP) is 3.36. The number of rotatable bonds is 5. The normalized spacial score (nSPS) is 16.7. The maximum Gasteiger partial charge on any atom is 0.410 e. The standard InChI is InChI=1S/C22H33N5O2.HI/c1-5-23-20(25-18-15-27(16-18)21(28)29-22(2,3)4)24-14-17-8-10-19(11-9-17)26-12-6-7-13-26;/h6-11,18H,5,12-16H2,1-4H3,(H2,23,24,25);1H. The quantitative estimate of drug-likeness (QED) is 0.266. The zero-order chi connectivity index (χ0) is 20.9. The molecule has 0 atom stereocenters. The molecule has 2 aliphatic heterocycles. The largest absolute Gasteiger partial charge is 0.444 e. The number of nitrogens with zero attached hydrogens (tertiary/aromatic N) is 3. The van der Waals surface area contributed by atoms with E-state index in [1.165, 1.54) is 11.3 Å². The molecule has 7 nitrogen and oxygen atoms in total. The molecule has 1 amide bonds. The molecule has 2 N–H and O–H groups in total. The Balaban J connectivity index is 0.00000320. The lowest BCUT2D eigenvalue weighted by Gasteiger charge is -2.40. The van der Waals surface area contributed by atoms with Crippen LogP contribution in [0.1, 0.15) is 33.3 Å². The highest BCUT2D eigenvalue weighted by Crippen LogP contribution is 2.18. The topological polar surface area (TPSA) is 69.2 Å². The number of carbonyl (C=O) groups excluding carboxylic acids is 1. The number of guanidine groups is 1. The number of hydrogen-bond donors (Lipinski definition) is 2.